The molecular weight excluding hydrogens is 374 g/mol. The first-order valence-electron chi connectivity index (χ1n) is 9.49. The number of hydrogen-bond acceptors (Lipinski definition) is 3. The fourth-order valence-electron chi connectivity index (χ4n) is 4.03. The van der Waals surface area contributed by atoms with Crippen LogP contribution in [0.25, 0.3) is 11.3 Å². The van der Waals surface area contributed by atoms with Crippen LogP contribution in [0.4, 0.5) is 5.69 Å². The first kappa shape index (κ1) is 18.8. The third kappa shape index (κ3) is 3.46. The van der Waals surface area contributed by atoms with Crippen LogP contribution in [0.1, 0.15) is 37.0 Å². The average Bonchev–Trinajstić information content (AvgIpc) is 3.39. The van der Waals surface area contributed by atoms with Crippen molar-refractivity contribution in [2.75, 3.05) is 5.32 Å². The molecule has 1 aliphatic rings. The summed E-state index contributed by atoms with van der Waals surface area (Å²) in [6.07, 6.45) is 3.80. The number of benzene rings is 2. The van der Waals surface area contributed by atoms with Gasteiger partial charge < -0.3 is 14.8 Å². The van der Waals surface area contributed by atoms with Crippen LogP contribution < -0.4 is 5.32 Å². The number of carbonyl (C=O) groups excluding carboxylic acids is 1. The van der Waals surface area contributed by atoms with Crippen molar-refractivity contribution >= 4 is 23.2 Å². The minimum atomic E-state index is -0.483. The van der Waals surface area contributed by atoms with Crippen LogP contribution in [0.15, 0.2) is 65.1 Å². The van der Waals surface area contributed by atoms with E-state index in [4.69, 9.17) is 21.1 Å². The van der Waals surface area contributed by atoms with Crippen molar-refractivity contribution in [1.29, 1.82) is 0 Å². The van der Waals surface area contributed by atoms with E-state index in [0.717, 1.165) is 36.8 Å². The van der Waals surface area contributed by atoms with Crippen LogP contribution in [0.5, 0.6) is 0 Å². The Labute approximate surface area is 169 Å². The number of anilines is 1. The average molecular weight is 396 g/mol. The minimum Gasteiger partial charge on any atom is -0.459 e. The molecule has 0 bridgehead atoms. The van der Waals surface area contributed by atoms with Gasteiger partial charge in [0.1, 0.15) is 18.1 Å². The summed E-state index contributed by atoms with van der Waals surface area (Å²) in [6, 6.07) is 18.9. The van der Waals surface area contributed by atoms with E-state index in [2.05, 4.69) is 5.32 Å². The Morgan fingerprint density at radius 2 is 1.82 bits per heavy atom. The molecule has 0 radical (unpaired) electrons. The van der Waals surface area contributed by atoms with Gasteiger partial charge in [-0.1, -0.05) is 54.8 Å². The van der Waals surface area contributed by atoms with Crippen LogP contribution >= 0.6 is 11.6 Å². The number of aliphatic hydroxyl groups is 1. The molecule has 1 aliphatic carbocycles. The summed E-state index contributed by atoms with van der Waals surface area (Å²) in [7, 11) is 0. The molecule has 1 heterocycles. The number of aliphatic hydroxyl groups excluding tert-OH is 1. The van der Waals surface area contributed by atoms with E-state index >= 15 is 0 Å². The number of furan rings is 1. The topological polar surface area (TPSA) is 62.5 Å². The second kappa shape index (κ2) is 7.82. The standard InChI is InChI=1S/C23H22ClNO3/c24-20-14-17(8-10-19(20)21-11-9-18(15-26)28-21)25-22(27)23(12-4-5-13-23)16-6-2-1-3-7-16/h1-3,6-11,14,26H,4-5,12-13,15H2,(H,25,27). The van der Waals surface area contributed by atoms with E-state index in [0.29, 0.717) is 22.2 Å². The molecule has 0 saturated heterocycles. The smallest absolute Gasteiger partial charge is 0.235 e. The maximum absolute atomic E-state index is 13.2. The lowest BCUT2D eigenvalue weighted by Gasteiger charge is -2.28. The summed E-state index contributed by atoms with van der Waals surface area (Å²) in [5.41, 5.74) is 1.97. The zero-order valence-electron chi connectivity index (χ0n) is 15.5. The lowest BCUT2D eigenvalue weighted by molar-refractivity contribution is -0.121. The highest BCUT2D eigenvalue weighted by atomic mass is 35.5. The van der Waals surface area contributed by atoms with Crippen molar-refractivity contribution in [3.8, 4) is 11.3 Å². The third-order valence-electron chi connectivity index (χ3n) is 5.53. The molecular formula is C23H22ClNO3. The fourth-order valence-corrected chi connectivity index (χ4v) is 4.31. The molecule has 4 nitrogen and oxygen atoms in total. The number of carbonyl (C=O) groups is 1. The van der Waals surface area contributed by atoms with Crippen molar-refractivity contribution < 1.29 is 14.3 Å². The zero-order chi connectivity index (χ0) is 19.6. The lowest BCUT2D eigenvalue weighted by Crippen LogP contribution is -2.37. The van der Waals surface area contributed by atoms with E-state index in [-0.39, 0.29) is 12.5 Å². The number of amides is 1. The third-order valence-corrected chi connectivity index (χ3v) is 5.84. The van der Waals surface area contributed by atoms with Gasteiger partial charge in [0.05, 0.1) is 10.4 Å². The quantitative estimate of drug-likeness (QED) is 0.595. The maximum Gasteiger partial charge on any atom is 0.235 e. The molecule has 0 aliphatic heterocycles. The van der Waals surface area contributed by atoms with Gasteiger partial charge in [-0.15, -0.1) is 0 Å². The summed E-state index contributed by atoms with van der Waals surface area (Å²) < 4.78 is 5.55. The Hall–Kier alpha value is -2.56. The van der Waals surface area contributed by atoms with Gasteiger partial charge in [0.15, 0.2) is 0 Å². The largest absolute Gasteiger partial charge is 0.459 e. The number of hydrogen-bond donors (Lipinski definition) is 2. The SMILES string of the molecule is O=C(Nc1ccc(-c2ccc(CO)o2)c(Cl)c1)C1(c2ccccc2)CCCC1. The van der Waals surface area contributed by atoms with E-state index in [1.54, 1.807) is 18.2 Å². The summed E-state index contributed by atoms with van der Waals surface area (Å²) in [5.74, 6) is 1.08. The highest BCUT2D eigenvalue weighted by Gasteiger charge is 2.42. The van der Waals surface area contributed by atoms with Crippen molar-refractivity contribution in [3.63, 3.8) is 0 Å². The zero-order valence-corrected chi connectivity index (χ0v) is 16.2. The minimum absolute atomic E-state index is 0.0144. The Kier molecular flexibility index (Phi) is 5.25. The Morgan fingerprint density at radius 1 is 1.07 bits per heavy atom. The second-order valence-electron chi connectivity index (χ2n) is 7.23. The molecule has 144 valence electrons. The number of rotatable bonds is 5. The highest BCUT2D eigenvalue weighted by molar-refractivity contribution is 6.33. The Bertz CT molecular complexity index is 975. The van der Waals surface area contributed by atoms with Crippen molar-refractivity contribution in [3.05, 3.63) is 77.0 Å². The van der Waals surface area contributed by atoms with Crippen LogP contribution in [-0.4, -0.2) is 11.0 Å². The summed E-state index contributed by atoms with van der Waals surface area (Å²) >= 11 is 6.44. The molecule has 1 saturated carbocycles. The van der Waals surface area contributed by atoms with Gasteiger partial charge in [0.25, 0.3) is 0 Å². The predicted molar refractivity (Wildman–Crippen MR) is 110 cm³/mol. The van der Waals surface area contributed by atoms with Gasteiger partial charge in [0, 0.05) is 11.3 Å². The Balaban J connectivity index is 1.58. The molecule has 3 aromatic rings. The first-order valence-corrected chi connectivity index (χ1v) is 9.87. The second-order valence-corrected chi connectivity index (χ2v) is 7.64. The molecule has 0 unspecified atom stereocenters. The van der Waals surface area contributed by atoms with Crippen molar-refractivity contribution in [1.82, 2.24) is 0 Å². The lowest BCUT2D eigenvalue weighted by atomic mass is 9.78. The van der Waals surface area contributed by atoms with E-state index < -0.39 is 5.41 Å². The van der Waals surface area contributed by atoms with Crippen LogP contribution in [0.2, 0.25) is 5.02 Å². The van der Waals surface area contributed by atoms with Gasteiger partial charge in [-0.2, -0.15) is 0 Å². The molecule has 4 rings (SSSR count). The van der Waals surface area contributed by atoms with Crippen molar-refractivity contribution in [2.24, 2.45) is 0 Å². The van der Waals surface area contributed by atoms with Crippen LogP contribution in [0.3, 0.4) is 0 Å². The summed E-state index contributed by atoms with van der Waals surface area (Å²) in [6.45, 7) is -0.159. The van der Waals surface area contributed by atoms with Gasteiger partial charge in [-0.05, 0) is 48.7 Å². The van der Waals surface area contributed by atoms with Crippen molar-refractivity contribution in [2.45, 2.75) is 37.7 Å². The van der Waals surface area contributed by atoms with Gasteiger partial charge in [0.2, 0.25) is 5.91 Å². The van der Waals surface area contributed by atoms with Gasteiger partial charge in [-0.3, -0.25) is 4.79 Å². The summed E-state index contributed by atoms with van der Waals surface area (Å²) in [4.78, 5) is 13.2. The molecule has 0 spiro atoms. The van der Waals surface area contributed by atoms with Gasteiger partial charge in [-0.25, -0.2) is 0 Å². The molecule has 1 amide bonds. The molecule has 2 aromatic carbocycles. The molecule has 5 heteroatoms. The molecule has 28 heavy (non-hydrogen) atoms. The van der Waals surface area contributed by atoms with E-state index in [9.17, 15) is 4.79 Å². The maximum atomic E-state index is 13.2. The Morgan fingerprint density at radius 3 is 2.46 bits per heavy atom. The number of halogens is 1. The predicted octanol–water partition coefficient (Wildman–Crippen LogP) is 5.54. The van der Waals surface area contributed by atoms with E-state index in [1.807, 2.05) is 42.5 Å². The van der Waals surface area contributed by atoms with Crippen LogP contribution in [-0.2, 0) is 16.8 Å². The normalized spacial score (nSPS) is 15.5. The van der Waals surface area contributed by atoms with E-state index in [1.165, 1.54) is 0 Å². The molecule has 1 aromatic heterocycles. The van der Waals surface area contributed by atoms with Gasteiger partial charge >= 0.3 is 0 Å². The monoisotopic (exact) mass is 395 g/mol. The fraction of sp³-hybridized carbons (Fsp3) is 0.261. The first-order chi connectivity index (χ1) is 13.6. The molecule has 0 atom stereocenters. The summed E-state index contributed by atoms with van der Waals surface area (Å²) in [5, 5.41) is 12.7. The molecule has 1 fully saturated rings. The van der Waals surface area contributed by atoms with Crippen LogP contribution in [0, 0.1) is 0 Å². The highest BCUT2D eigenvalue weighted by Crippen LogP contribution is 2.42. The number of nitrogens with one attached hydrogen (secondary N) is 1. The molecule has 2 N–H and O–H groups in total.